The molecule has 0 radical (unpaired) electrons. The number of ether oxygens (including phenoxy) is 1. The van der Waals surface area contributed by atoms with Crippen molar-refractivity contribution >= 4 is 5.91 Å². The Kier molecular flexibility index (Phi) is 3.89. The van der Waals surface area contributed by atoms with Gasteiger partial charge in [0.1, 0.15) is 5.75 Å². The topological polar surface area (TPSA) is 49.8 Å². The SMILES string of the molecule is CCC1(CO)CCN(C(=O)c2ccc3c(c2)CCO3)CC1. The van der Waals surface area contributed by atoms with Gasteiger partial charge in [0.15, 0.2) is 0 Å². The summed E-state index contributed by atoms with van der Waals surface area (Å²) in [6.07, 6.45) is 3.64. The summed E-state index contributed by atoms with van der Waals surface area (Å²) < 4.78 is 5.48. The molecule has 1 amide bonds. The van der Waals surface area contributed by atoms with Crippen LogP contribution in [0.2, 0.25) is 0 Å². The summed E-state index contributed by atoms with van der Waals surface area (Å²) in [5.41, 5.74) is 1.91. The first-order valence-corrected chi connectivity index (χ1v) is 7.83. The fraction of sp³-hybridized carbons (Fsp3) is 0.588. The second-order valence-corrected chi connectivity index (χ2v) is 6.22. The highest BCUT2D eigenvalue weighted by Crippen LogP contribution is 2.35. The molecule has 1 N–H and O–H groups in total. The summed E-state index contributed by atoms with van der Waals surface area (Å²) >= 11 is 0. The van der Waals surface area contributed by atoms with Gasteiger partial charge in [-0.05, 0) is 48.4 Å². The van der Waals surface area contributed by atoms with Crippen molar-refractivity contribution in [3.8, 4) is 5.75 Å². The van der Waals surface area contributed by atoms with Gasteiger partial charge in [0.25, 0.3) is 5.91 Å². The van der Waals surface area contributed by atoms with Crippen LogP contribution in [0.3, 0.4) is 0 Å². The van der Waals surface area contributed by atoms with Gasteiger partial charge < -0.3 is 14.7 Å². The predicted molar refractivity (Wildman–Crippen MR) is 80.6 cm³/mol. The first-order chi connectivity index (χ1) is 10.2. The van der Waals surface area contributed by atoms with E-state index in [9.17, 15) is 9.90 Å². The lowest BCUT2D eigenvalue weighted by Crippen LogP contribution is -2.44. The number of aliphatic hydroxyl groups is 1. The van der Waals surface area contributed by atoms with Gasteiger partial charge >= 0.3 is 0 Å². The summed E-state index contributed by atoms with van der Waals surface area (Å²) in [4.78, 5) is 14.5. The number of aliphatic hydroxyl groups excluding tert-OH is 1. The number of likely N-dealkylation sites (tertiary alicyclic amines) is 1. The van der Waals surface area contributed by atoms with Crippen LogP contribution in [0.5, 0.6) is 5.75 Å². The Labute approximate surface area is 125 Å². The molecule has 1 fully saturated rings. The summed E-state index contributed by atoms with van der Waals surface area (Å²) in [7, 11) is 0. The molecule has 114 valence electrons. The van der Waals surface area contributed by atoms with Gasteiger partial charge in [-0.15, -0.1) is 0 Å². The van der Waals surface area contributed by atoms with Gasteiger partial charge in [0.05, 0.1) is 6.61 Å². The molecule has 0 aliphatic carbocycles. The van der Waals surface area contributed by atoms with Crippen molar-refractivity contribution in [1.29, 1.82) is 0 Å². The molecule has 4 nitrogen and oxygen atoms in total. The smallest absolute Gasteiger partial charge is 0.253 e. The third-order valence-corrected chi connectivity index (χ3v) is 5.13. The van der Waals surface area contributed by atoms with E-state index < -0.39 is 0 Å². The molecule has 1 saturated heterocycles. The molecule has 0 spiro atoms. The van der Waals surface area contributed by atoms with Gasteiger partial charge in [-0.3, -0.25) is 4.79 Å². The highest BCUT2D eigenvalue weighted by atomic mass is 16.5. The zero-order valence-electron chi connectivity index (χ0n) is 12.6. The summed E-state index contributed by atoms with van der Waals surface area (Å²) in [6, 6.07) is 5.74. The molecule has 2 aliphatic rings. The van der Waals surface area contributed by atoms with Crippen molar-refractivity contribution in [1.82, 2.24) is 4.90 Å². The summed E-state index contributed by atoms with van der Waals surface area (Å²) in [5, 5.41) is 9.57. The van der Waals surface area contributed by atoms with E-state index in [1.165, 1.54) is 0 Å². The van der Waals surface area contributed by atoms with Crippen LogP contribution in [-0.2, 0) is 6.42 Å². The molecule has 21 heavy (non-hydrogen) atoms. The average molecular weight is 289 g/mol. The fourth-order valence-electron chi connectivity index (χ4n) is 3.31. The number of carbonyl (C=O) groups is 1. The van der Waals surface area contributed by atoms with Gasteiger partial charge in [0, 0.05) is 31.7 Å². The molecular formula is C17H23NO3. The van der Waals surface area contributed by atoms with E-state index >= 15 is 0 Å². The molecule has 0 unspecified atom stereocenters. The average Bonchev–Trinajstić information content (AvgIpc) is 3.02. The Morgan fingerprint density at radius 1 is 1.38 bits per heavy atom. The highest BCUT2D eigenvalue weighted by Gasteiger charge is 2.34. The van der Waals surface area contributed by atoms with E-state index in [0.29, 0.717) is 6.61 Å². The maximum Gasteiger partial charge on any atom is 0.253 e. The predicted octanol–water partition coefficient (Wildman–Crippen LogP) is 2.25. The van der Waals surface area contributed by atoms with Crippen LogP contribution in [-0.4, -0.2) is 42.2 Å². The second-order valence-electron chi connectivity index (χ2n) is 6.22. The van der Waals surface area contributed by atoms with Crippen molar-refractivity contribution < 1.29 is 14.6 Å². The molecule has 2 aliphatic heterocycles. The van der Waals surface area contributed by atoms with E-state index in [4.69, 9.17) is 4.74 Å². The Bertz CT molecular complexity index is 527. The zero-order valence-corrected chi connectivity index (χ0v) is 12.6. The monoisotopic (exact) mass is 289 g/mol. The number of rotatable bonds is 3. The van der Waals surface area contributed by atoms with Crippen molar-refractivity contribution in [2.24, 2.45) is 5.41 Å². The molecule has 3 rings (SSSR count). The Balaban J connectivity index is 1.69. The standard InChI is InChI=1S/C17H23NO3/c1-2-17(12-19)6-8-18(9-7-17)16(20)14-3-4-15-13(11-14)5-10-21-15/h3-4,11,19H,2,5-10,12H2,1H3. The van der Waals surface area contributed by atoms with Crippen LogP contribution in [0, 0.1) is 5.41 Å². The van der Waals surface area contributed by atoms with E-state index in [1.54, 1.807) is 0 Å². The van der Waals surface area contributed by atoms with Crippen LogP contribution in [0.25, 0.3) is 0 Å². The minimum atomic E-state index is 0.0164. The van der Waals surface area contributed by atoms with Gasteiger partial charge in [-0.25, -0.2) is 0 Å². The molecule has 1 aromatic rings. The van der Waals surface area contributed by atoms with Gasteiger partial charge in [0.2, 0.25) is 0 Å². The van der Waals surface area contributed by atoms with Crippen molar-refractivity contribution in [3.63, 3.8) is 0 Å². The quantitative estimate of drug-likeness (QED) is 0.928. The number of hydrogen-bond acceptors (Lipinski definition) is 3. The third-order valence-electron chi connectivity index (χ3n) is 5.13. The van der Waals surface area contributed by atoms with E-state index in [0.717, 1.165) is 55.6 Å². The number of benzene rings is 1. The van der Waals surface area contributed by atoms with Crippen molar-refractivity contribution in [2.75, 3.05) is 26.3 Å². The second kappa shape index (κ2) is 5.68. The Morgan fingerprint density at radius 3 is 2.81 bits per heavy atom. The van der Waals surface area contributed by atoms with Crippen LogP contribution in [0.15, 0.2) is 18.2 Å². The van der Waals surface area contributed by atoms with Crippen LogP contribution >= 0.6 is 0 Å². The van der Waals surface area contributed by atoms with E-state index in [-0.39, 0.29) is 17.9 Å². The molecule has 4 heteroatoms. The largest absolute Gasteiger partial charge is 0.493 e. The number of hydrogen-bond donors (Lipinski definition) is 1. The molecule has 0 saturated carbocycles. The maximum absolute atomic E-state index is 12.6. The summed E-state index contributed by atoms with van der Waals surface area (Å²) in [5.74, 6) is 1.02. The molecule has 0 aromatic heterocycles. The number of fused-ring (bicyclic) bond motifs is 1. The zero-order chi connectivity index (χ0) is 14.9. The molecule has 0 bridgehead atoms. The van der Waals surface area contributed by atoms with E-state index in [2.05, 4.69) is 6.92 Å². The Morgan fingerprint density at radius 2 is 2.14 bits per heavy atom. The van der Waals surface area contributed by atoms with Crippen LogP contribution < -0.4 is 4.74 Å². The lowest BCUT2D eigenvalue weighted by Gasteiger charge is -2.40. The third kappa shape index (κ3) is 2.64. The number of nitrogens with zero attached hydrogens (tertiary/aromatic N) is 1. The molecule has 0 atom stereocenters. The fourth-order valence-corrected chi connectivity index (χ4v) is 3.31. The number of carbonyl (C=O) groups excluding carboxylic acids is 1. The minimum absolute atomic E-state index is 0.0164. The lowest BCUT2D eigenvalue weighted by molar-refractivity contribution is 0.0338. The van der Waals surface area contributed by atoms with Crippen LogP contribution in [0.1, 0.15) is 42.1 Å². The van der Waals surface area contributed by atoms with Gasteiger partial charge in [-0.1, -0.05) is 6.92 Å². The van der Waals surface area contributed by atoms with Gasteiger partial charge in [-0.2, -0.15) is 0 Å². The minimum Gasteiger partial charge on any atom is -0.493 e. The van der Waals surface area contributed by atoms with Crippen molar-refractivity contribution in [2.45, 2.75) is 32.6 Å². The first kappa shape index (κ1) is 14.4. The molecule has 1 aromatic carbocycles. The van der Waals surface area contributed by atoms with Crippen LogP contribution in [0.4, 0.5) is 0 Å². The molecule has 2 heterocycles. The first-order valence-electron chi connectivity index (χ1n) is 7.83. The Hall–Kier alpha value is -1.55. The summed E-state index contributed by atoms with van der Waals surface area (Å²) in [6.45, 7) is 4.53. The normalized spacial score (nSPS) is 20.0. The number of piperidine rings is 1. The maximum atomic E-state index is 12.6. The number of amides is 1. The van der Waals surface area contributed by atoms with Crippen molar-refractivity contribution in [3.05, 3.63) is 29.3 Å². The van der Waals surface area contributed by atoms with E-state index in [1.807, 2.05) is 23.1 Å². The highest BCUT2D eigenvalue weighted by molar-refractivity contribution is 5.94. The lowest BCUT2D eigenvalue weighted by atomic mass is 9.77. The molecular weight excluding hydrogens is 266 g/mol.